The lowest BCUT2D eigenvalue weighted by Crippen LogP contribution is -2.00. The number of imidazole rings is 1. The van der Waals surface area contributed by atoms with E-state index in [0.29, 0.717) is 20.8 Å². The molecule has 21 heavy (non-hydrogen) atoms. The Kier molecular flexibility index (Phi) is 4.28. The first-order valence-corrected chi connectivity index (χ1v) is 8.39. The van der Waals surface area contributed by atoms with E-state index in [2.05, 4.69) is 36.8 Å². The minimum absolute atomic E-state index is 0.211. The van der Waals surface area contributed by atoms with Gasteiger partial charge in [0, 0.05) is 15.6 Å². The predicted octanol–water partition coefficient (Wildman–Crippen LogP) is 6.08. The molecule has 1 aromatic heterocycles. The summed E-state index contributed by atoms with van der Waals surface area (Å²) in [6.07, 6.45) is 0. The molecule has 2 aromatic carbocycles. The molecule has 0 atom stereocenters. The van der Waals surface area contributed by atoms with Gasteiger partial charge in [0.1, 0.15) is 11.6 Å². The van der Waals surface area contributed by atoms with Crippen LogP contribution in [0.2, 0.25) is 5.02 Å². The predicted molar refractivity (Wildman–Crippen MR) is 91.0 cm³/mol. The summed E-state index contributed by atoms with van der Waals surface area (Å²) >= 11 is 18.7. The van der Waals surface area contributed by atoms with E-state index in [1.54, 1.807) is 18.2 Å². The summed E-state index contributed by atoms with van der Waals surface area (Å²) < 4.78 is 16.7. The highest BCUT2D eigenvalue weighted by molar-refractivity contribution is 9.10. The maximum Gasteiger partial charge on any atom is 0.139 e. The Bertz CT molecular complexity index is 849. The van der Waals surface area contributed by atoms with Gasteiger partial charge in [-0.2, -0.15) is 0 Å². The third-order valence-electron chi connectivity index (χ3n) is 3.04. The molecule has 0 aliphatic rings. The van der Waals surface area contributed by atoms with Gasteiger partial charge >= 0.3 is 0 Å². The van der Waals surface area contributed by atoms with Gasteiger partial charge in [-0.25, -0.2) is 9.37 Å². The van der Waals surface area contributed by atoms with Crippen molar-refractivity contribution in [2.45, 2.75) is 5.88 Å². The van der Waals surface area contributed by atoms with E-state index in [1.165, 1.54) is 6.07 Å². The maximum atomic E-state index is 13.7. The molecule has 0 saturated heterocycles. The van der Waals surface area contributed by atoms with Gasteiger partial charge in [-0.15, -0.1) is 11.6 Å². The highest BCUT2D eigenvalue weighted by Crippen LogP contribution is 2.32. The molecule has 0 bridgehead atoms. The van der Waals surface area contributed by atoms with E-state index >= 15 is 0 Å². The Morgan fingerprint density at radius 1 is 1.14 bits per heavy atom. The molecular formula is C14H7Br2Cl2FN2. The first kappa shape index (κ1) is 15.3. The van der Waals surface area contributed by atoms with Gasteiger partial charge in [0.25, 0.3) is 0 Å². The Morgan fingerprint density at radius 2 is 1.90 bits per heavy atom. The molecule has 1 heterocycles. The standard InChI is InChI=1S/C14H7Br2Cl2FN2/c15-8-4-13-11(5-10(8)19)20-14(6-17)21(13)12-2-1-7(18)3-9(12)16/h1-5H,6H2. The van der Waals surface area contributed by atoms with Crippen molar-refractivity contribution in [1.82, 2.24) is 9.55 Å². The lowest BCUT2D eigenvalue weighted by molar-refractivity contribution is 0.623. The molecule has 0 radical (unpaired) electrons. The maximum absolute atomic E-state index is 13.7. The number of hydrogen-bond donors (Lipinski definition) is 0. The van der Waals surface area contributed by atoms with Crippen molar-refractivity contribution in [3.8, 4) is 5.69 Å². The van der Waals surface area contributed by atoms with E-state index in [9.17, 15) is 4.39 Å². The number of fused-ring (bicyclic) bond motifs is 1. The second-order valence-corrected chi connectivity index (χ2v) is 6.76. The fraction of sp³-hybridized carbons (Fsp3) is 0.0714. The van der Waals surface area contributed by atoms with Crippen LogP contribution < -0.4 is 0 Å². The van der Waals surface area contributed by atoms with Crippen molar-refractivity contribution in [2.24, 2.45) is 0 Å². The molecule has 0 N–H and O–H groups in total. The molecule has 0 aliphatic heterocycles. The third-order valence-corrected chi connectivity index (χ3v) is 4.75. The average molecular weight is 453 g/mol. The van der Waals surface area contributed by atoms with Gasteiger partial charge in [-0.3, -0.25) is 4.57 Å². The average Bonchev–Trinajstić information content (AvgIpc) is 2.77. The van der Waals surface area contributed by atoms with Gasteiger partial charge in [0.15, 0.2) is 0 Å². The molecule has 108 valence electrons. The summed E-state index contributed by atoms with van der Waals surface area (Å²) in [5, 5.41) is 0.620. The largest absolute Gasteiger partial charge is 0.294 e. The van der Waals surface area contributed by atoms with Crippen molar-refractivity contribution in [3.63, 3.8) is 0 Å². The molecule has 0 amide bonds. The molecule has 2 nitrogen and oxygen atoms in total. The topological polar surface area (TPSA) is 17.8 Å². The Morgan fingerprint density at radius 3 is 2.57 bits per heavy atom. The SMILES string of the molecule is Fc1cc2nc(CCl)n(-c3ccc(Cl)cc3Br)c2cc1Br. The van der Waals surface area contributed by atoms with Crippen molar-refractivity contribution in [2.75, 3.05) is 0 Å². The quantitative estimate of drug-likeness (QED) is 0.431. The molecule has 0 spiro atoms. The smallest absolute Gasteiger partial charge is 0.139 e. The fourth-order valence-corrected chi connectivity index (χ4v) is 3.51. The van der Waals surface area contributed by atoms with Crippen LogP contribution in [-0.2, 0) is 5.88 Å². The molecular weight excluding hydrogens is 446 g/mol. The second kappa shape index (κ2) is 5.88. The van der Waals surface area contributed by atoms with Gasteiger partial charge in [-0.05, 0) is 56.1 Å². The van der Waals surface area contributed by atoms with Crippen LogP contribution in [0.1, 0.15) is 5.82 Å². The Labute approximate surface area is 147 Å². The van der Waals surface area contributed by atoms with Gasteiger partial charge in [0.05, 0.1) is 27.1 Å². The lowest BCUT2D eigenvalue weighted by Gasteiger charge is -2.10. The molecule has 0 aliphatic carbocycles. The zero-order valence-electron chi connectivity index (χ0n) is 10.4. The van der Waals surface area contributed by atoms with Crippen molar-refractivity contribution in [1.29, 1.82) is 0 Å². The van der Waals surface area contributed by atoms with E-state index < -0.39 is 0 Å². The van der Waals surface area contributed by atoms with E-state index in [0.717, 1.165) is 15.7 Å². The van der Waals surface area contributed by atoms with Crippen LogP contribution in [0.25, 0.3) is 16.7 Å². The molecule has 3 rings (SSSR count). The summed E-state index contributed by atoms with van der Waals surface area (Å²) in [4.78, 5) is 4.39. The minimum atomic E-state index is -0.358. The van der Waals surface area contributed by atoms with Crippen molar-refractivity contribution in [3.05, 3.63) is 55.9 Å². The summed E-state index contributed by atoms with van der Waals surface area (Å²) in [5.41, 5.74) is 2.16. The molecule has 7 heteroatoms. The highest BCUT2D eigenvalue weighted by atomic mass is 79.9. The number of alkyl halides is 1. The second-order valence-electron chi connectivity index (χ2n) is 4.35. The number of halogens is 5. The normalized spacial score (nSPS) is 11.3. The monoisotopic (exact) mass is 450 g/mol. The van der Waals surface area contributed by atoms with Gasteiger partial charge < -0.3 is 0 Å². The first-order chi connectivity index (χ1) is 10.0. The number of aromatic nitrogens is 2. The Hall–Kier alpha value is -0.620. The first-order valence-electron chi connectivity index (χ1n) is 5.89. The van der Waals surface area contributed by atoms with Crippen LogP contribution in [0, 0.1) is 5.82 Å². The zero-order valence-corrected chi connectivity index (χ0v) is 15.1. The van der Waals surface area contributed by atoms with Crippen molar-refractivity contribution >= 4 is 66.1 Å². The van der Waals surface area contributed by atoms with Crippen LogP contribution in [0.5, 0.6) is 0 Å². The molecule has 0 saturated carbocycles. The summed E-state index contributed by atoms with van der Waals surface area (Å²) in [6, 6.07) is 8.51. The van der Waals surface area contributed by atoms with Gasteiger partial charge in [0.2, 0.25) is 0 Å². The number of benzene rings is 2. The van der Waals surface area contributed by atoms with Crippen LogP contribution >= 0.6 is 55.1 Å². The molecule has 3 aromatic rings. The van der Waals surface area contributed by atoms with Crippen molar-refractivity contribution < 1.29 is 4.39 Å². The van der Waals surface area contributed by atoms with E-state index in [1.807, 2.05) is 10.6 Å². The fourth-order valence-electron chi connectivity index (χ4n) is 2.14. The third kappa shape index (κ3) is 2.72. The van der Waals surface area contributed by atoms with Gasteiger partial charge in [-0.1, -0.05) is 11.6 Å². The Balaban J connectivity index is 2.37. The minimum Gasteiger partial charge on any atom is -0.294 e. The number of rotatable bonds is 2. The number of hydrogen-bond acceptors (Lipinski definition) is 1. The van der Waals surface area contributed by atoms with Crippen LogP contribution in [0.4, 0.5) is 4.39 Å². The van der Waals surface area contributed by atoms with Crippen LogP contribution in [-0.4, -0.2) is 9.55 Å². The van der Waals surface area contributed by atoms with E-state index in [4.69, 9.17) is 23.2 Å². The van der Waals surface area contributed by atoms with Crippen LogP contribution in [0.3, 0.4) is 0 Å². The van der Waals surface area contributed by atoms with E-state index in [-0.39, 0.29) is 11.7 Å². The summed E-state index contributed by atoms with van der Waals surface area (Å²) in [6.45, 7) is 0. The number of nitrogens with zero attached hydrogens (tertiary/aromatic N) is 2. The highest BCUT2D eigenvalue weighted by Gasteiger charge is 2.16. The summed E-state index contributed by atoms with van der Waals surface area (Å²) in [5.74, 6) is 0.485. The van der Waals surface area contributed by atoms with Crippen LogP contribution in [0.15, 0.2) is 39.3 Å². The lowest BCUT2D eigenvalue weighted by atomic mass is 10.2. The molecule has 0 fully saturated rings. The molecule has 0 unspecified atom stereocenters. The summed E-state index contributed by atoms with van der Waals surface area (Å²) in [7, 11) is 0. The zero-order chi connectivity index (χ0) is 15.1.